The van der Waals surface area contributed by atoms with Crippen molar-refractivity contribution in [1.29, 1.82) is 0 Å². The van der Waals surface area contributed by atoms with Gasteiger partial charge >= 0.3 is 0 Å². The fourth-order valence-corrected chi connectivity index (χ4v) is 8.13. The smallest absolute Gasteiger partial charge is 0.0560 e. The lowest BCUT2D eigenvalue weighted by Crippen LogP contribution is -2.13. The molecular weight excluding hydrogens is 677 g/mol. The van der Waals surface area contributed by atoms with Crippen LogP contribution in [-0.2, 0) is 0 Å². The van der Waals surface area contributed by atoms with Crippen molar-refractivity contribution >= 4 is 66.4 Å². The van der Waals surface area contributed by atoms with Gasteiger partial charge in [-0.25, -0.2) is 0 Å². The van der Waals surface area contributed by atoms with E-state index in [4.69, 9.17) is 0 Å². The van der Waals surface area contributed by atoms with Crippen LogP contribution in [0.15, 0.2) is 231 Å². The van der Waals surface area contributed by atoms with E-state index in [2.05, 4.69) is 240 Å². The van der Waals surface area contributed by atoms with Crippen LogP contribution >= 0.6 is 0 Å². The first kappa shape index (κ1) is 33.2. The fourth-order valence-electron chi connectivity index (χ4n) is 8.13. The maximum absolute atomic E-state index is 2.39. The van der Waals surface area contributed by atoms with Crippen LogP contribution in [0.1, 0.15) is 0 Å². The molecule has 0 aromatic heterocycles. The molecule has 2 nitrogen and oxygen atoms in total. The van der Waals surface area contributed by atoms with Gasteiger partial charge in [0.25, 0.3) is 0 Å². The third-order valence-corrected chi connectivity index (χ3v) is 10.8. The fraction of sp³-hybridized carbons (Fsp3) is 0. The summed E-state index contributed by atoms with van der Waals surface area (Å²) >= 11 is 0. The zero-order chi connectivity index (χ0) is 37.3. The summed E-state index contributed by atoms with van der Waals surface area (Å²) in [6.45, 7) is 0. The number of hydrogen-bond acceptors (Lipinski definition) is 2. The molecule has 0 spiro atoms. The summed E-state index contributed by atoms with van der Waals surface area (Å²) in [5.41, 5.74) is 11.4. The highest BCUT2D eigenvalue weighted by atomic mass is 15.2. The molecule has 0 fully saturated rings. The zero-order valence-corrected chi connectivity index (χ0v) is 30.8. The van der Waals surface area contributed by atoms with Crippen LogP contribution < -0.4 is 9.80 Å². The average molecular weight is 715 g/mol. The highest BCUT2D eigenvalue weighted by Gasteiger charge is 2.21. The molecule has 0 atom stereocenters. The summed E-state index contributed by atoms with van der Waals surface area (Å²) in [5, 5.41) is 7.41. The number of para-hydroxylation sites is 2. The van der Waals surface area contributed by atoms with Crippen LogP contribution in [0.2, 0.25) is 0 Å². The van der Waals surface area contributed by atoms with Crippen molar-refractivity contribution in [2.45, 2.75) is 0 Å². The minimum atomic E-state index is 1.08. The molecule has 0 radical (unpaired) electrons. The summed E-state index contributed by atoms with van der Waals surface area (Å²) in [5.74, 6) is 0. The van der Waals surface area contributed by atoms with Crippen molar-refractivity contribution in [2.75, 3.05) is 9.80 Å². The lowest BCUT2D eigenvalue weighted by atomic mass is 9.93. The summed E-state index contributed by atoms with van der Waals surface area (Å²) < 4.78 is 0. The van der Waals surface area contributed by atoms with Crippen LogP contribution in [0, 0.1) is 0 Å². The van der Waals surface area contributed by atoms with E-state index >= 15 is 0 Å². The lowest BCUT2D eigenvalue weighted by molar-refractivity contribution is 1.26. The Bertz CT molecular complexity index is 2940. The van der Waals surface area contributed by atoms with E-state index in [9.17, 15) is 0 Å². The number of rotatable bonds is 8. The molecule has 10 rings (SSSR count). The van der Waals surface area contributed by atoms with E-state index in [1.54, 1.807) is 0 Å². The van der Waals surface area contributed by atoms with Crippen molar-refractivity contribution in [2.24, 2.45) is 0 Å². The molecule has 0 saturated heterocycles. The Labute approximate surface area is 327 Å². The standard InChI is InChI=1S/C54H38N2/c1-4-16-39(17-5-1)40-28-32-47(33-29-40)56(45-22-8-3-9-23-45)54-38-48(36-42-18-11-13-25-50(42)54)55(44-20-6-2-7-21-44)46-34-30-41(31-35-46)53-37-43-19-10-12-24-49(43)51-26-14-15-27-52(51)53/h1-38H. The minimum absolute atomic E-state index is 1.08. The van der Waals surface area contributed by atoms with Crippen molar-refractivity contribution in [3.63, 3.8) is 0 Å². The number of benzene rings is 10. The van der Waals surface area contributed by atoms with Gasteiger partial charge in [0.1, 0.15) is 0 Å². The molecule has 264 valence electrons. The van der Waals surface area contributed by atoms with E-state index in [1.807, 2.05) is 0 Å². The first-order valence-electron chi connectivity index (χ1n) is 19.2. The number of hydrogen-bond donors (Lipinski definition) is 0. The summed E-state index contributed by atoms with van der Waals surface area (Å²) in [7, 11) is 0. The number of anilines is 6. The van der Waals surface area contributed by atoms with E-state index in [0.29, 0.717) is 0 Å². The Hall–Kier alpha value is -7.42. The molecule has 0 aliphatic heterocycles. The van der Waals surface area contributed by atoms with E-state index < -0.39 is 0 Å². The molecule has 10 aromatic carbocycles. The van der Waals surface area contributed by atoms with Crippen LogP contribution in [0.25, 0.3) is 54.6 Å². The molecular formula is C54H38N2. The summed E-state index contributed by atoms with van der Waals surface area (Å²) in [6, 6.07) is 83.1. The quantitative estimate of drug-likeness (QED) is 0.145. The highest BCUT2D eigenvalue weighted by molar-refractivity contribution is 6.14. The van der Waals surface area contributed by atoms with Crippen molar-refractivity contribution in [3.8, 4) is 22.3 Å². The predicted octanol–water partition coefficient (Wildman–Crippen LogP) is 15.4. The Morgan fingerprint density at radius 3 is 1.30 bits per heavy atom. The third-order valence-electron chi connectivity index (χ3n) is 10.8. The van der Waals surface area contributed by atoms with Crippen molar-refractivity contribution in [3.05, 3.63) is 231 Å². The Morgan fingerprint density at radius 1 is 0.232 bits per heavy atom. The van der Waals surface area contributed by atoms with Gasteiger partial charge < -0.3 is 9.80 Å². The maximum atomic E-state index is 2.39. The van der Waals surface area contributed by atoms with Crippen LogP contribution in [0.4, 0.5) is 34.1 Å². The molecule has 0 aliphatic rings. The van der Waals surface area contributed by atoms with Gasteiger partial charge in [-0.1, -0.05) is 164 Å². The first-order chi connectivity index (χ1) is 27.8. The predicted molar refractivity (Wildman–Crippen MR) is 239 cm³/mol. The third kappa shape index (κ3) is 6.14. The number of fused-ring (bicyclic) bond motifs is 4. The van der Waals surface area contributed by atoms with E-state index in [1.165, 1.54) is 54.6 Å². The second kappa shape index (κ2) is 14.4. The van der Waals surface area contributed by atoms with Gasteiger partial charge in [0.15, 0.2) is 0 Å². The first-order valence-corrected chi connectivity index (χ1v) is 19.2. The molecule has 0 heterocycles. The molecule has 0 N–H and O–H groups in total. The molecule has 0 aliphatic carbocycles. The van der Waals surface area contributed by atoms with Gasteiger partial charge in [0.05, 0.1) is 5.69 Å². The van der Waals surface area contributed by atoms with Crippen molar-refractivity contribution < 1.29 is 0 Å². The monoisotopic (exact) mass is 714 g/mol. The summed E-state index contributed by atoms with van der Waals surface area (Å²) in [6.07, 6.45) is 0. The minimum Gasteiger partial charge on any atom is -0.310 e. The van der Waals surface area contributed by atoms with Gasteiger partial charge in [0.2, 0.25) is 0 Å². The van der Waals surface area contributed by atoms with Crippen LogP contribution in [0.3, 0.4) is 0 Å². The molecule has 2 heteroatoms. The molecule has 56 heavy (non-hydrogen) atoms. The second-order valence-corrected chi connectivity index (χ2v) is 14.2. The van der Waals surface area contributed by atoms with E-state index in [0.717, 1.165) is 34.1 Å². The SMILES string of the molecule is c1ccc(-c2ccc(N(c3ccccc3)c3cc(N(c4ccccc4)c4ccc(-c5cc6ccccc6c6ccccc56)cc4)cc4ccccc34)cc2)cc1. The molecule has 0 saturated carbocycles. The Kier molecular flexibility index (Phi) is 8.55. The van der Waals surface area contributed by atoms with Crippen molar-refractivity contribution in [1.82, 2.24) is 0 Å². The molecule has 0 amide bonds. The lowest BCUT2D eigenvalue weighted by Gasteiger charge is -2.31. The Morgan fingerprint density at radius 2 is 0.661 bits per heavy atom. The molecule has 0 unspecified atom stereocenters. The molecule has 0 bridgehead atoms. The van der Waals surface area contributed by atoms with Gasteiger partial charge in [-0.3, -0.25) is 0 Å². The van der Waals surface area contributed by atoms with Crippen LogP contribution in [-0.4, -0.2) is 0 Å². The second-order valence-electron chi connectivity index (χ2n) is 14.2. The highest BCUT2D eigenvalue weighted by Crippen LogP contribution is 2.45. The van der Waals surface area contributed by atoms with Gasteiger partial charge in [-0.15, -0.1) is 0 Å². The zero-order valence-electron chi connectivity index (χ0n) is 30.8. The topological polar surface area (TPSA) is 6.48 Å². The maximum Gasteiger partial charge on any atom is 0.0560 e. The van der Waals surface area contributed by atoms with Crippen LogP contribution in [0.5, 0.6) is 0 Å². The largest absolute Gasteiger partial charge is 0.310 e. The average Bonchev–Trinajstić information content (AvgIpc) is 3.28. The Balaban J connectivity index is 1.13. The summed E-state index contributed by atoms with van der Waals surface area (Å²) in [4.78, 5) is 4.76. The molecule has 10 aromatic rings. The normalized spacial score (nSPS) is 11.2. The van der Waals surface area contributed by atoms with Gasteiger partial charge in [0, 0.05) is 33.8 Å². The van der Waals surface area contributed by atoms with Gasteiger partial charge in [-0.05, 0) is 116 Å². The van der Waals surface area contributed by atoms with E-state index in [-0.39, 0.29) is 0 Å². The van der Waals surface area contributed by atoms with Gasteiger partial charge in [-0.2, -0.15) is 0 Å². The number of nitrogens with zero attached hydrogens (tertiary/aromatic N) is 2.